The van der Waals surface area contributed by atoms with E-state index < -0.39 is 17.8 Å². The van der Waals surface area contributed by atoms with Gasteiger partial charge >= 0.3 is 5.97 Å². The second-order valence-corrected chi connectivity index (χ2v) is 4.33. The number of hydrogen-bond acceptors (Lipinski definition) is 2. The molecule has 0 bridgehead atoms. The van der Waals surface area contributed by atoms with E-state index >= 15 is 0 Å². The number of benzene rings is 2. The lowest BCUT2D eigenvalue weighted by Gasteiger charge is -2.15. The number of hydrogen-bond donors (Lipinski definition) is 2. The SMILES string of the molecule is O=C(O)C(NCc1ccc(F)cc1)c1cccc(F)c1. The topological polar surface area (TPSA) is 49.3 Å². The minimum atomic E-state index is -1.10. The predicted molar refractivity (Wildman–Crippen MR) is 70.0 cm³/mol. The van der Waals surface area contributed by atoms with Gasteiger partial charge in [-0.2, -0.15) is 0 Å². The van der Waals surface area contributed by atoms with Crippen LogP contribution in [0.1, 0.15) is 17.2 Å². The molecule has 0 saturated carbocycles. The molecule has 1 atom stereocenters. The van der Waals surface area contributed by atoms with Gasteiger partial charge in [0, 0.05) is 6.54 Å². The van der Waals surface area contributed by atoms with Crippen molar-refractivity contribution < 1.29 is 18.7 Å². The molecule has 20 heavy (non-hydrogen) atoms. The van der Waals surface area contributed by atoms with E-state index in [2.05, 4.69) is 5.32 Å². The van der Waals surface area contributed by atoms with Crippen LogP contribution in [0.3, 0.4) is 0 Å². The summed E-state index contributed by atoms with van der Waals surface area (Å²) in [5.74, 6) is -1.94. The van der Waals surface area contributed by atoms with Gasteiger partial charge in [-0.05, 0) is 35.4 Å². The average molecular weight is 277 g/mol. The van der Waals surface area contributed by atoms with E-state index in [1.54, 1.807) is 18.2 Å². The molecular formula is C15H13F2NO2. The molecule has 2 rings (SSSR count). The van der Waals surface area contributed by atoms with Crippen LogP contribution in [-0.2, 0) is 11.3 Å². The first-order valence-electron chi connectivity index (χ1n) is 6.02. The highest BCUT2D eigenvalue weighted by Gasteiger charge is 2.19. The third-order valence-electron chi connectivity index (χ3n) is 2.85. The zero-order valence-electron chi connectivity index (χ0n) is 10.5. The maximum absolute atomic E-state index is 13.1. The fraction of sp³-hybridized carbons (Fsp3) is 0.133. The molecule has 2 aromatic rings. The Hall–Kier alpha value is -2.27. The summed E-state index contributed by atoms with van der Waals surface area (Å²) in [6.07, 6.45) is 0. The van der Waals surface area contributed by atoms with Crippen LogP contribution in [0.15, 0.2) is 48.5 Å². The van der Waals surface area contributed by atoms with E-state index in [0.29, 0.717) is 5.56 Å². The van der Waals surface area contributed by atoms with Gasteiger partial charge in [-0.15, -0.1) is 0 Å². The highest BCUT2D eigenvalue weighted by atomic mass is 19.1. The molecule has 0 aromatic heterocycles. The monoisotopic (exact) mass is 277 g/mol. The van der Waals surface area contributed by atoms with Crippen molar-refractivity contribution in [2.24, 2.45) is 0 Å². The standard InChI is InChI=1S/C15H13F2NO2/c16-12-6-4-10(5-7-12)9-18-14(15(19)20)11-2-1-3-13(17)8-11/h1-8,14,18H,9H2,(H,19,20). The van der Waals surface area contributed by atoms with Crippen molar-refractivity contribution in [2.75, 3.05) is 0 Å². The molecule has 0 aliphatic rings. The Morgan fingerprint density at radius 3 is 2.40 bits per heavy atom. The Balaban J connectivity index is 2.10. The molecule has 3 nitrogen and oxygen atoms in total. The molecule has 2 aromatic carbocycles. The first kappa shape index (κ1) is 14.1. The summed E-state index contributed by atoms with van der Waals surface area (Å²) < 4.78 is 25.9. The van der Waals surface area contributed by atoms with Crippen LogP contribution in [-0.4, -0.2) is 11.1 Å². The van der Waals surface area contributed by atoms with E-state index in [-0.39, 0.29) is 12.4 Å². The van der Waals surface area contributed by atoms with Crippen molar-refractivity contribution in [3.8, 4) is 0 Å². The van der Waals surface area contributed by atoms with Crippen molar-refractivity contribution in [1.82, 2.24) is 5.32 Å². The van der Waals surface area contributed by atoms with Crippen LogP contribution < -0.4 is 5.32 Å². The molecule has 0 spiro atoms. The third-order valence-corrected chi connectivity index (χ3v) is 2.85. The Bertz CT molecular complexity index is 599. The fourth-order valence-corrected chi connectivity index (χ4v) is 1.86. The molecule has 0 radical (unpaired) electrons. The molecule has 0 aliphatic heterocycles. The highest BCUT2D eigenvalue weighted by molar-refractivity contribution is 5.75. The molecule has 0 amide bonds. The maximum atomic E-state index is 13.1. The summed E-state index contributed by atoms with van der Waals surface area (Å²) in [5.41, 5.74) is 1.08. The zero-order valence-corrected chi connectivity index (χ0v) is 10.5. The van der Waals surface area contributed by atoms with E-state index in [4.69, 9.17) is 0 Å². The number of rotatable bonds is 5. The summed E-state index contributed by atoms with van der Waals surface area (Å²) in [6.45, 7) is 0.244. The van der Waals surface area contributed by atoms with Gasteiger partial charge in [-0.3, -0.25) is 10.1 Å². The lowest BCUT2D eigenvalue weighted by atomic mass is 10.1. The van der Waals surface area contributed by atoms with Crippen molar-refractivity contribution >= 4 is 5.97 Å². The maximum Gasteiger partial charge on any atom is 0.325 e. The van der Waals surface area contributed by atoms with Crippen molar-refractivity contribution in [2.45, 2.75) is 12.6 Å². The summed E-state index contributed by atoms with van der Waals surface area (Å²) >= 11 is 0. The molecule has 104 valence electrons. The second-order valence-electron chi connectivity index (χ2n) is 4.33. The van der Waals surface area contributed by atoms with Crippen molar-refractivity contribution in [1.29, 1.82) is 0 Å². The number of carboxylic acid groups (broad SMARTS) is 1. The molecular weight excluding hydrogens is 264 g/mol. The van der Waals surface area contributed by atoms with E-state index in [1.807, 2.05) is 0 Å². The molecule has 0 aliphatic carbocycles. The molecule has 5 heteroatoms. The first-order chi connectivity index (χ1) is 9.56. The van der Waals surface area contributed by atoms with Gasteiger partial charge in [0.05, 0.1) is 0 Å². The van der Waals surface area contributed by atoms with Gasteiger partial charge < -0.3 is 5.11 Å². The first-order valence-corrected chi connectivity index (χ1v) is 6.02. The Morgan fingerprint density at radius 2 is 1.80 bits per heavy atom. The van der Waals surface area contributed by atoms with Crippen LogP contribution in [0.25, 0.3) is 0 Å². The van der Waals surface area contributed by atoms with Gasteiger partial charge in [0.1, 0.15) is 17.7 Å². The third kappa shape index (κ3) is 3.61. The Labute approximate surface area is 114 Å². The number of nitrogens with one attached hydrogen (secondary N) is 1. The fourth-order valence-electron chi connectivity index (χ4n) is 1.86. The van der Waals surface area contributed by atoms with Gasteiger partial charge in [-0.1, -0.05) is 24.3 Å². The van der Waals surface area contributed by atoms with E-state index in [0.717, 1.165) is 5.56 Å². The lowest BCUT2D eigenvalue weighted by Crippen LogP contribution is -2.28. The van der Waals surface area contributed by atoms with Crippen molar-refractivity contribution in [3.05, 3.63) is 71.3 Å². The van der Waals surface area contributed by atoms with Crippen molar-refractivity contribution in [3.63, 3.8) is 0 Å². The minimum absolute atomic E-state index is 0.244. The second kappa shape index (κ2) is 6.25. The van der Waals surface area contributed by atoms with Gasteiger partial charge in [-0.25, -0.2) is 8.78 Å². The molecule has 2 N–H and O–H groups in total. The zero-order chi connectivity index (χ0) is 14.5. The quantitative estimate of drug-likeness (QED) is 0.883. The molecule has 0 fully saturated rings. The normalized spacial score (nSPS) is 12.1. The van der Waals surface area contributed by atoms with Crippen LogP contribution in [0.2, 0.25) is 0 Å². The van der Waals surface area contributed by atoms with Gasteiger partial charge in [0.2, 0.25) is 0 Å². The predicted octanol–water partition coefficient (Wildman–Crippen LogP) is 2.88. The van der Waals surface area contributed by atoms with Crippen LogP contribution >= 0.6 is 0 Å². The molecule has 1 unspecified atom stereocenters. The highest BCUT2D eigenvalue weighted by Crippen LogP contribution is 2.15. The minimum Gasteiger partial charge on any atom is -0.480 e. The van der Waals surface area contributed by atoms with E-state index in [9.17, 15) is 18.7 Å². The summed E-state index contributed by atoms with van der Waals surface area (Å²) in [4.78, 5) is 11.2. The number of halogens is 2. The van der Waals surface area contributed by atoms with Crippen LogP contribution in [0.5, 0.6) is 0 Å². The van der Waals surface area contributed by atoms with Crippen LogP contribution in [0.4, 0.5) is 8.78 Å². The van der Waals surface area contributed by atoms with Crippen LogP contribution in [0, 0.1) is 11.6 Å². The summed E-state index contributed by atoms with van der Waals surface area (Å²) in [7, 11) is 0. The lowest BCUT2D eigenvalue weighted by molar-refractivity contribution is -0.139. The number of carboxylic acids is 1. The Kier molecular flexibility index (Phi) is 4.42. The largest absolute Gasteiger partial charge is 0.480 e. The Morgan fingerprint density at radius 1 is 1.10 bits per heavy atom. The summed E-state index contributed by atoms with van der Waals surface area (Å²) in [6, 6.07) is 10.1. The average Bonchev–Trinajstić information content (AvgIpc) is 2.41. The smallest absolute Gasteiger partial charge is 0.325 e. The number of carbonyl (C=O) groups is 1. The van der Waals surface area contributed by atoms with Gasteiger partial charge in [0.15, 0.2) is 0 Å². The van der Waals surface area contributed by atoms with E-state index in [1.165, 1.54) is 30.3 Å². The summed E-state index contributed by atoms with van der Waals surface area (Å²) in [5, 5.41) is 12.0. The molecule has 0 heterocycles. The number of aliphatic carboxylic acids is 1. The molecule has 0 saturated heterocycles. The van der Waals surface area contributed by atoms with Gasteiger partial charge in [0.25, 0.3) is 0 Å².